The molecular weight excluding hydrogens is 336 g/mol. The number of benzene rings is 2. The van der Waals surface area contributed by atoms with Crippen molar-refractivity contribution in [3.8, 4) is 0 Å². The monoisotopic (exact) mass is 360 g/mol. The Bertz CT molecular complexity index is 607. The predicted octanol–water partition coefficient (Wildman–Crippen LogP) is 0.614. The summed E-state index contributed by atoms with van der Waals surface area (Å²) < 4.78 is 11.3. The first-order valence-corrected chi connectivity index (χ1v) is 8.61. The lowest BCUT2D eigenvalue weighted by atomic mass is 9.84. The molecule has 26 heavy (non-hydrogen) atoms. The van der Waals surface area contributed by atoms with Crippen LogP contribution in [0.25, 0.3) is 0 Å². The van der Waals surface area contributed by atoms with E-state index in [1.807, 2.05) is 60.7 Å². The molecule has 2 aromatic rings. The molecule has 1 aliphatic carbocycles. The van der Waals surface area contributed by atoms with E-state index in [-0.39, 0.29) is 13.2 Å². The molecule has 0 radical (unpaired) electrons. The minimum Gasteiger partial charge on any atom is -0.387 e. The van der Waals surface area contributed by atoms with Gasteiger partial charge in [0.25, 0.3) is 0 Å². The highest BCUT2D eigenvalue weighted by atomic mass is 16.5. The average Bonchev–Trinajstić information content (AvgIpc) is 2.68. The van der Waals surface area contributed by atoms with E-state index in [4.69, 9.17) is 9.47 Å². The Morgan fingerprint density at radius 2 is 0.923 bits per heavy atom. The van der Waals surface area contributed by atoms with Gasteiger partial charge in [0.05, 0.1) is 13.2 Å². The quantitative estimate of drug-likeness (QED) is 0.603. The molecule has 2 aromatic carbocycles. The number of hydrogen-bond acceptors (Lipinski definition) is 6. The minimum atomic E-state index is -1.47. The second-order valence-corrected chi connectivity index (χ2v) is 6.48. The third-order valence-corrected chi connectivity index (χ3v) is 4.62. The van der Waals surface area contributed by atoms with Gasteiger partial charge in [-0.15, -0.1) is 0 Å². The minimum absolute atomic E-state index is 0.161. The summed E-state index contributed by atoms with van der Waals surface area (Å²) in [5, 5.41) is 41.1. The summed E-state index contributed by atoms with van der Waals surface area (Å²) >= 11 is 0. The van der Waals surface area contributed by atoms with Gasteiger partial charge in [-0.1, -0.05) is 60.7 Å². The van der Waals surface area contributed by atoms with Crippen molar-refractivity contribution in [3.63, 3.8) is 0 Å². The molecule has 0 aliphatic heterocycles. The summed E-state index contributed by atoms with van der Waals surface area (Å²) in [5.41, 5.74) is 1.74. The van der Waals surface area contributed by atoms with Gasteiger partial charge >= 0.3 is 0 Å². The SMILES string of the molecule is OC1[C@@H](OCc2ccccc2)[C@@H](O)C(O)[C@H](O)[C@@H]1OCc1ccccc1. The Balaban J connectivity index is 1.66. The zero-order valence-corrected chi connectivity index (χ0v) is 14.3. The lowest BCUT2D eigenvalue weighted by Crippen LogP contribution is -2.64. The highest BCUT2D eigenvalue weighted by Gasteiger charge is 2.50. The molecule has 1 fully saturated rings. The van der Waals surface area contributed by atoms with Gasteiger partial charge in [0, 0.05) is 0 Å². The molecule has 1 saturated carbocycles. The molecule has 0 aromatic heterocycles. The van der Waals surface area contributed by atoms with Crippen LogP contribution in [0.5, 0.6) is 0 Å². The van der Waals surface area contributed by atoms with Crippen LogP contribution in [0, 0.1) is 0 Å². The molecule has 4 atom stereocenters. The average molecular weight is 360 g/mol. The van der Waals surface area contributed by atoms with Crippen LogP contribution < -0.4 is 0 Å². The molecule has 4 N–H and O–H groups in total. The van der Waals surface area contributed by atoms with Crippen LogP contribution in [0.3, 0.4) is 0 Å². The molecular formula is C20H24O6. The van der Waals surface area contributed by atoms with Gasteiger partial charge < -0.3 is 29.9 Å². The third-order valence-electron chi connectivity index (χ3n) is 4.62. The van der Waals surface area contributed by atoms with Crippen LogP contribution in [0.1, 0.15) is 11.1 Å². The maximum atomic E-state index is 10.6. The first-order chi connectivity index (χ1) is 12.6. The molecule has 6 heteroatoms. The van der Waals surface area contributed by atoms with Crippen LogP contribution in [0.15, 0.2) is 60.7 Å². The molecule has 0 saturated heterocycles. The lowest BCUT2D eigenvalue weighted by molar-refractivity contribution is -0.250. The summed E-state index contributed by atoms with van der Waals surface area (Å²) in [5.74, 6) is 0. The zero-order chi connectivity index (χ0) is 18.5. The summed E-state index contributed by atoms with van der Waals surface area (Å²) in [7, 11) is 0. The normalized spacial score (nSPS) is 31.7. The number of ether oxygens (including phenoxy) is 2. The Morgan fingerprint density at radius 3 is 1.31 bits per heavy atom. The Morgan fingerprint density at radius 1 is 0.538 bits per heavy atom. The van der Waals surface area contributed by atoms with Crippen LogP contribution in [-0.2, 0) is 22.7 Å². The van der Waals surface area contributed by atoms with Crippen LogP contribution in [0.4, 0.5) is 0 Å². The molecule has 6 nitrogen and oxygen atoms in total. The van der Waals surface area contributed by atoms with Crippen LogP contribution >= 0.6 is 0 Å². The molecule has 0 bridgehead atoms. The largest absolute Gasteiger partial charge is 0.387 e. The van der Waals surface area contributed by atoms with Gasteiger partial charge in [-0.2, -0.15) is 0 Å². The Kier molecular flexibility index (Phi) is 6.37. The number of hydrogen-bond donors (Lipinski definition) is 4. The first kappa shape index (κ1) is 19.0. The lowest BCUT2D eigenvalue weighted by Gasteiger charge is -2.43. The molecule has 1 aliphatic rings. The number of rotatable bonds is 6. The Hall–Kier alpha value is -1.80. The van der Waals surface area contributed by atoms with Gasteiger partial charge in [-0.25, -0.2) is 0 Å². The van der Waals surface area contributed by atoms with E-state index in [9.17, 15) is 20.4 Å². The molecule has 140 valence electrons. The second kappa shape index (κ2) is 8.73. The molecule has 0 amide bonds. The highest BCUT2D eigenvalue weighted by Crippen LogP contribution is 2.27. The van der Waals surface area contributed by atoms with Crippen molar-refractivity contribution in [2.75, 3.05) is 0 Å². The van der Waals surface area contributed by atoms with Gasteiger partial charge in [0.15, 0.2) is 0 Å². The molecule has 0 unspecified atom stereocenters. The fourth-order valence-corrected chi connectivity index (χ4v) is 3.11. The topological polar surface area (TPSA) is 99.4 Å². The van der Waals surface area contributed by atoms with Gasteiger partial charge in [0.2, 0.25) is 0 Å². The summed E-state index contributed by atoms with van der Waals surface area (Å²) in [4.78, 5) is 0. The van der Waals surface area contributed by atoms with Crippen molar-refractivity contribution >= 4 is 0 Å². The van der Waals surface area contributed by atoms with Crippen molar-refractivity contribution in [2.24, 2.45) is 0 Å². The molecule has 0 spiro atoms. The van der Waals surface area contributed by atoms with E-state index in [1.165, 1.54) is 0 Å². The van der Waals surface area contributed by atoms with Crippen LogP contribution in [-0.4, -0.2) is 57.0 Å². The highest BCUT2D eigenvalue weighted by molar-refractivity contribution is 5.15. The summed E-state index contributed by atoms with van der Waals surface area (Å²) in [6.07, 6.45) is -7.74. The summed E-state index contributed by atoms with van der Waals surface area (Å²) in [6, 6.07) is 18.6. The third kappa shape index (κ3) is 4.29. The van der Waals surface area contributed by atoms with Gasteiger partial charge in [-0.3, -0.25) is 0 Å². The maximum Gasteiger partial charge on any atom is 0.115 e. The van der Waals surface area contributed by atoms with Gasteiger partial charge in [-0.05, 0) is 11.1 Å². The van der Waals surface area contributed by atoms with Crippen molar-refractivity contribution in [1.82, 2.24) is 0 Å². The fraction of sp³-hybridized carbons (Fsp3) is 0.400. The summed E-state index contributed by atoms with van der Waals surface area (Å²) in [6.45, 7) is 0.321. The van der Waals surface area contributed by atoms with Crippen LogP contribution in [0.2, 0.25) is 0 Å². The van der Waals surface area contributed by atoms with E-state index in [2.05, 4.69) is 0 Å². The predicted molar refractivity (Wildman–Crippen MR) is 94.1 cm³/mol. The van der Waals surface area contributed by atoms with E-state index in [0.29, 0.717) is 0 Å². The maximum absolute atomic E-state index is 10.6. The van der Waals surface area contributed by atoms with E-state index in [1.54, 1.807) is 0 Å². The van der Waals surface area contributed by atoms with Gasteiger partial charge in [0.1, 0.15) is 36.6 Å². The second-order valence-electron chi connectivity index (χ2n) is 6.48. The van der Waals surface area contributed by atoms with Crippen molar-refractivity contribution < 1.29 is 29.9 Å². The smallest absolute Gasteiger partial charge is 0.115 e. The standard InChI is InChI=1S/C20H24O6/c21-15-16(22)19(25-11-13-7-3-1-4-8-13)18(24)20(17(15)23)26-12-14-9-5-2-6-10-14/h1-10,15-24H,11-12H2/t15?,16-,17-,18?,19-,20-/m0/s1. The van der Waals surface area contributed by atoms with Crippen molar-refractivity contribution in [3.05, 3.63) is 71.8 Å². The van der Waals surface area contributed by atoms with E-state index >= 15 is 0 Å². The zero-order valence-electron chi connectivity index (χ0n) is 14.3. The molecule has 0 heterocycles. The number of aliphatic hydroxyl groups is 4. The van der Waals surface area contributed by atoms with Crippen molar-refractivity contribution in [2.45, 2.75) is 49.8 Å². The Labute approximate surface area is 152 Å². The van der Waals surface area contributed by atoms with E-state index < -0.39 is 36.6 Å². The first-order valence-electron chi connectivity index (χ1n) is 8.61. The fourth-order valence-electron chi connectivity index (χ4n) is 3.11. The molecule has 3 rings (SSSR count). The van der Waals surface area contributed by atoms with E-state index in [0.717, 1.165) is 11.1 Å². The number of aliphatic hydroxyl groups excluding tert-OH is 4. The van der Waals surface area contributed by atoms with Crippen molar-refractivity contribution in [1.29, 1.82) is 0 Å².